The second kappa shape index (κ2) is 5.92. The molecule has 0 bridgehead atoms. The monoisotopic (exact) mass is 291 g/mol. The van der Waals surface area contributed by atoms with Crippen molar-refractivity contribution in [3.05, 3.63) is 54.4 Å². The van der Waals surface area contributed by atoms with E-state index in [-0.39, 0.29) is 6.04 Å². The maximum Gasteiger partial charge on any atom is 0.229 e. The van der Waals surface area contributed by atoms with Gasteiger partial charge in [-0.15, -0.1) is 0 Å². The smallest absolute Gasteiger partial charge is 0.229 e. The first-order chi connectivity index (χ1) is 9.44. The molecule has 2 N–H and O–H groups in total. The highest BCUT2D eigenvalue weighted by atomic mass is 32.2. The van der Waals surface area contributed by atoms with E-state index in [0.717, 1.165) is 17.5 Å². The van der Waals surface area contributed by atoms with Crippen molar-refractivity contribution in [1.82, 2.24) is 4.98 Å². The van der Waals surface area contributed by atoms with E-state index >= 15 is 0 Å². The summed E-state index contributed by atoms with van der Waals surface area (Å²) in [6.07, 6.45) is 4.64. The van der Waals surface area contributed by atoms with Crippen LogP contribution in [0.4, 0.5) is 11.4 Å². The Balaban J connectivity index is 2.04. The van der Waals surface area contributed by atoms with Crippen molar-refractivity contribution in [2.24, 2.45) is 0 Å². The topological polar surface area (TPSA) is 71.1 Å². The Morgan fingerprint density at radius 2 is 1.55 bits per heavy atom. The number of nitrogens with zero attached hydrogens (tertiary/aromatic N) is 1. The van der Waals surface area contributed by atoms with E-state index in [0.29, 0.717) is 5.69 Å². The molecule has 0 saturated heterocycles. The van der Waals surface area contributed by atoms with Crippen LogP contribution in [0.15, 0.2) is 48.8 Å². The summed E-state index contributed by atoms with van der Waals surface area (Å²) in [5, 5.41) is 3.34. The van der Waals surface area contributed by atoms with Gasteiger partial charge in [0.25, 0.3) is 0 Å². The van der Waals surface area contributed by atoms with E-state index in [1.165, 1.54) is 0 Å². The van der Waals surface area contributed by atoms with Gasteiger partial charge in [0, 0.05) is 29.8 Å². The second-order valence-corrected chi connectivity index (χ2v) is 6.35. The molecule has 2 rings (SSSR count). The van der Waals surface area contributed by atoms with Crippen molar-refractivity contribution in [3.8, 4) is 0 Å². The first kappa shape index (κ1) is 14.3. The standard InChI is InChI=1S/C14H17N3O2S/c1-11(12-7-9-15-10-8-12)16-13-3-5-14(6-4-13)17-20(2,18)19/h3-11,16-17H,1-2H3. The lowest BCUT2D eigenvalue weighted by Gasteiger charge is -2.15. The van der Waals surface area contributed by atoms with Crippen molar-refractivity contribution < 1.29 is 8.42 Å². The van der Waals surface area contributed by atoms with Crippen LogP contribution in [0.2, 0.25) is 0 Å². The van der Waals surface area contributed by atoms with Crippen molar-refractivity contribution in [3.63, 3.8) is 0 Å². The quantitative estimate of drug-likeness (QED) is 0.888. The number of hydrogen-bond acceptors (Lipinski definition) is 4. The number of aromatic nitrogens is 1. The summed E-state index contributed by atoms with van der Waals surface area (Å²) >= 11 is 0. The molecule has 0 amide bonds. The summed E-state index contributed by atoms with van der Waals surface area (Å²) in [4.78, 5) is 3.99. The molecule has 1 unspecified atom stereocenters. The third-order valence-corrected chi connectivity index (χ3v) is 3.38. The molecule has 1 aromatic heterocycles. The molecule has 5 nitrogen and oxygen atoms in total. The zero-order valence-corrected chi connectivity index (χ0v) is 12.2. The zero-order valence-electron chi connectivity index (χ0n) is 11.4. The molecule has 2 aromatic rings. The van der Waals surface area contributed by atoms with Crippen molar-refractivity contribution in [1.29, 1.82) is 0 Å². The van der Waals surface area contributed by atoms with Gasteiger partial charge in [-0.3, -0.25) is 9.71 Å². The fourth-order valence-corrected chi connectivity index (χ4v) is 2.40. The number of rotatable bonds is 5. The van der Waals surface area contributed by atoms with Gasteiger partial charge in [0.2, 0.25) is 10.0 Å². The molecular weight excluding hydrogens is 274 g/mol. The van der Waals surface area contributed by atoms with Crippen molar-refractivity contribution >= 4 is 21.4 Å². The lowest BCUT2D eigenvalue weighted by atomic mass is 10.1. The van der Waals surface area contributed by atoms with Gasteiger partial charge in [-0.25, -0.2) is 8.42 Å². The van der Waals surface area contributed by atoms with E-state index in [1.807, 2.05) is 24.3 Å². The number of sulfonamides is 1. The lowest BCUT2D eigenvalue weighted by Crippen LogP contribution is -2.10. The van der Waals surface area contributed by atoms with Gasteiger partial charge in [0.1, 0.15) is 0 Å². The Morgan fingerprint density at radius 1 is 1.00 bits per heavy atom. The zero-order chi connectivity index (χ0) is 14.6. The summed E-state index contributed by atoms with van der Waals surface area (Å²) in [6, 6.07) is 11.2. The van der Waals surface area contributed by atoms with Crippen LogP contribution in [-0.4, -0.2) is 19.7 Å². The summed E-state index contributed by atoms with van der Waals surface area (Å²) in [7, 11) is -3.23. The summed E-state index contributed by atoms with van der Waals surface area (Å²) in [6.45, 7) is 2.05. The minimum atomic E-state index is -3.23. The largest absolute Gasteiger partial charge is 0.379 e. The first-order valence-electron chi connectivity index (χ1n) is 6.18. The van der Waals surface area contributed by atoms with Crippen LogP contribution in [0, 0.1) is 0 Å². The Morgan fingerprint density at radius 3 is 2.10 bits per heavy atom. The third kappa shape index (κ3) is 4.24. The normalized spacial score (nSPS) is 12.7. The number of pyridine rings is 1. The highest BCUT2D eigenvalue weighted by Gasteiger charge is 2.05. The molecular formula is C14H17N3O2S. The predicted octanol–water partition coefficient (Wildman–Crippen LogP) is 2.63. The van der Waals surface area contributed by atoms with E-state index in [9.17, 15) is 8.42 Å². The van der Waals surface area contributed by atoms with Gasteiger partial charge in [-0.2, -0.15) is 0 Å². The molecule has 0 aliphatic heterocycles. The number of hydrogen-bond donors (Lipinski definition) is 2. The minimum absolute atomic E-state index is 0.145. The molecule has 6 heteroatoms. The van der Waals surface area contributed by atoms with Gasteiger partial charge in [-0.05, 0) is 48.9 Å². The van der Waals surface area contributed by atoms with Crippen LogP contribution in [0.3, 0.4) is 0 Å². The molecule has 0 aliphatic carbocycles. The molecule has 0 radical (unpaired) electrons. The number of anilines is 2. The Labute approximate surface area is 119 Å². The molecule has 0 saturated carbocycles. The maximum absolute atomic E-state index is 11.1. The van der Waals surface area contributed by atoms with Crippen LogP contribution >= 0.6 is 0 Å². The maximum atomic E-state index is 11.1. The van der Waals surface area contributed by atoms with Crippen molar-refractivity contribution in [2.75, 3.05) is 16.3 Å². The van der Waals surface area contributed by atoms with E-state index in [1.54, 1.807) is 24.5 Å². The molecule has 1 aromatic carbocycles. The summed E-state index contributed by atoms with van der Waals surface area (Å²) < 4.78 is 24.7. The van der Waals surface area contributed by atoms with Crippen molar-refractivity contribution in [2.45, 2.75) is 13.0 Å². The molecule has 1 atom stereocenters. The van der Waals surface area contributed by atoms with E-state index in [4.69, 9.17) is 0 Å². The minimum Gasteiger partial charge on any atom is -0.379 e. The molecule has 0 aliphatic rings. The average molecular weight is 291 g/mol. The van der Waals surface area contributed by atoms with Crippen LogP contribution in [0.1, 0.15) is 18.5 Å². The molecule has 0 fully saturated rings. The van der Waals surface area contributed by atoms with Crippen LogP contribution in [-0.2, 0) is 10.0 Å². The fraction of sp³-hybridized carbons (Fsp3) is 0.214. The predicted molar refractivity (Wildman–Crippen MR) is 81.2 cm³/mol. The summed E-state index contributed by atoms with van der Waals surface area (Å²) in [5.41, 5.74) is 2.61. The van der Waals surface area contributed by atoms with Gasteiger partial charge in [0.15, 0.2) is 0 Å². The van der Waals surface area contributed by atoms with Gasteiger partial charge in [0.05, 0.1) is 6.26 Å². The molecule has 0 spiro atoms. The lowest BCUT2D eigenvalue weighted by molar-refractivity contribution is 0.607. The van der Waals surface area contributed by atoms with E-state index < -0.39 is 10.0 Å². The molecule has 106 valence electrons. The van der Waals surface area contributed by atoms with Crippen LogP contribution in [0.25, 0.3) is 0 Å². The average Bonchev–Trinajstić information content (AvgIpc) is 2.40. The fourth-order valence-electron chi connectivity index (χ4n) is 1.83. The Hall–Kier alpha value is -2.08. The van der Waals surface area contributed by atoms with Gasteiger partial charge >= 0.3 is 0 Å². The number of benzene rings is 1. The van der Waals surface area contributed by atoms with Crippen LogP contribution in [0.5, 0.6) is 0 Å². The highest BCUT2D eigenvalue weighted by molar-refractivity contribution is 7.92. The third-order valence-electron chi connectivity index (χ3n) is 2.78. The van der Waals surface area contributed by atoms with Gasteiger partial charge in [-0.1, -0.05) is 0 Å². The second-order valence-electron chi connectivity index (χ2n) is 4.60. The van der Waals surface area contributed by atoms with Gasteiger partial charge < -0.3 is 5.32 Å². The highest BCUT2D eigenvalue weighted by Crippen LogP contribution is 2.20. The number of nitrogens with one attached hydrogen (secondary N) is 2. The van der Waals surface area contributed by atoms with Crippen LogP contribution < -0.4 is 10.0 Å². The first-order valence-corrected chi connectivity index (χ1v) is 8.07. The molecule has 20 heavy (non-hydrogen) atoms. The molecule has 1 heterocycles. The van der Waals surface area contributed by atoms with E-state index in [2.05, 4.69) is 21.9 Å². The summed E-state index contributed by atoms with van der Waals surface area (Å²) in [5.74, 6) is 0. The Bertz CT molecular complexity index is 655. The SMILES string of the molecule is CC(Nc1ccc(NS(C)(=O)=O)cc1)c1ccncc1. The Kier molecular flexibility index (Phi) is 4.24.